The average molecular weight is 238 g/mol. The molecule has 0 amide bonds. The minimum absolute atomic E-state index is 0.0653. The predicted molar refractivity (Wildman–Crippen MR) is 66.6 cm³/mol. The third kappa shape index (κ3) is 2.02. The highest BCUT2D eigenvalue weighted by atomic mass is 16.4. The van der Waals surface area contributed by atoms with Gasteiger partial charge in [-0.1, -0.05) is 19.3 Å². The first-order chi connectivity index (χ1) is 7.87. The zero-order chi connectivity index (χ0) is 12.7. The molecule has 17 heavy (non-hydrogen) atoms. The van der Waals surface area contributed by atoms with Crippen molar-refractivity contribution < 1.29 is 15.3 Å². The smallest absolute Gasteiger partial charge is 0.118 e. The van der Waals surface area contributed by atoms with Crippen LogP contribution < -0.4 is 0 Å². The van der Waals surface area contributed by atoms with E-state index in [0.29, 0.717) is 5.57 Å². The van der Waals surface area contributed by atoms with Crippen LogP contribution in [-0.4, -0.2) is 26.5 Å². The summed E-state index contributed by atoms with van der Waals surface area (Å²) in [7, 11) is 0. The van der Waals surface area contributed by atoms with Crippen LogP contribution in [0.2, 0.25) is 0 Å². The van der Waals surface area contributed by atoms with E-state index in [2.05, 4.69) is 0 Å². The van der Waals surface area contributed by atoms with Crippen LogP contribution in [0.25, 0.3) is 0 Å². The Morgan fingerprint density at radius 2 is 1.71 bits per heavy atom. The summed E-state index contributed by atoms with van der Waals surface area (Å²) >= 11 is 0. The van der Waals surface area contributed by atoms with Gasteiger partial charge < -0.3 is 15.3 Å². The summed E-state index contributed by atoms with van der Waals surface area (Å²) in [6.45, 7) is 3.33. The van der Waals surface area contributed by atoms with Gasteiger partial charge in [-0.3, -0.25) is 0 Å². The van der Waals surface area contributed by atoms with Crippen molar-refractivity contribution in [1.82, 2.24) is 0 Å². The molecule has 96 valence electrons. The summed E-state index contributed by atoms with van der Waals surface area (Å²) in [6, 6.07) is 0. The normalized spacial score (nSPS) is 39.8. The Morgan fingerprint density at radius 1 is 1.12 bits per heavy atom. The van der Waals surface area contributed by atoms with Crippen molar-refractivity contribution in [2.75, 3.05) is 0 Å². The van der Waals surface area contributed by atoms with Crippen LogP contribution in [0.15, 0.2) is 23.5 Å². The van der Waals surface area contributed by atoms with Gasteiger partial charge in [0.15, 0.2) is 0 Å². The predicted octanol–water partition coefficient (Wildman–Crippen LogP) is 2.45. The van der Waals surface area contributed by atoms with Gasteiger partial charge in [0.25, 0.3) is 0 Å². The molecular formula is C14H22O3. The molecule has 1 saturated carbocycles. The van der Waals surface area contributed by atoms with E-state index in [9.17, 15) is 15.3 Å². The molecule has 2 aliphatic carbocycles. The van der Waals surface area contributed by atoms with Crippen LogP contribution in [0, 0.1) is 5.92 Å². The molecule has 0 aromatic rings. The van der Waals surface area contributed by atoms with Gasteiger partial charge in [-0.05, 0) is 50.3 Å². The lowest BCUT2D eigenvalue weighted by Gasteiger charge is -2.46. The van der Waals surface area contributed by atoms with Crippen molar-refractivity contribution in [3.63, 3.8) is 0 Å². The van der Waals surface area contributed by atoms with Crippen LogP contribution >= 0.6 is 0 Å². The molecule has 3 nitrogen and oxygen atoms in total. The van der Waals surface area contributed by atoms with Crippen molar-refractivity contribution in [3.05, 3.63) is 23.5 Å². The number of allylic oxidation sites excluding steroid dienone is 1. The summed E-state index contributed by atoms with van der Waals surface area (Å²) in [5.41, 5.74) is -1.99. The van der Waals surface area contributed by atoms with Gasteiger partial charge in [0.2, 0.25) is 0 Å². The third-order valence-electron chi connectivity index (χ3n) is 4.30. The summed E-state index contributed by atoms with van der Waals surface area (Å²) in [4.78, 5) is 0. The highest BCUT2D eigenvalue weighted by molar-refractivity contribution is 5.38. The maximum Gasteiger partial charge on any atom is 0.118 e. The van der Waals surface area contributed by atoms with Crippen LogP contribution in [-0.2, 0) is 0 Å². The van der Waals surface area contributed by atoms with Crippen molar-refractivity contribution in [3.8, 4) is 0 Å². The zero-order valence-electron chi connectivity index (χ0n) is 10.6. The molecular weight excluding hydrogens is 216 g/mol. The molecule has 0 saturated heterocycles. The van der Waals surface area contributed by atoms with E-state index in [0.717, 1.165) is 25.7 Å². The molecule has 0 aromatic carbocycles. The minimum Gasteiger partial charge on any atom is -0.508 e. The second kappa shape index (κ2) is 4.14. The van der Waals surface area contributed by atoms with Crippen LogP contribution in [0.4, 0.5) is 0 Å². The largest absolute Gasteiger partial charge is 0.508 e. The first kappa shape index (κ1) is 12.7. The van der Waals surface area contributed by atoms with E-state index in [1.54, 1.807) is 19.9 Å². The first-order valence-corrected chi connectivity index (χ1v) is 6.43. The van der Waals surface area contributed by atoms with Gasteiger partial charge in [0.05, 0.1) is 0 Å². The number of aliphatic hydroxyl groups excluding tert-OH is 1. The molecule has 1 fully saturated rings. The van der Waals surface area contributed by atoms with E-state index in [4.69, 9.17) is 0 Å². The lowest BCUT2D eigenvalue weighted by molar-refractivity contribution is -0.125. The van der Waals surface area contributed by atoms with Crippen LogP contribution in [0.3, 0.4) is 0 Å². The van der Waals surface area contributed by atoms with Crippen molar-refractivity contribution >= 4 is 0 Å². The van der Waals surface area contributed by atoms with Crippen molar-refractivity contribution in [2.24, 2.45) is 5.92 Å². The second-order valence-electron chi connectivity index (χ2n) is 5.66. The Labute approximate surface area is 102 Å². The van der Waals surface area contributed by atoms with E-state index in [1.165, 1.54) is 12.5 Å². The van der Waals surface area contributed by atoms with E-state index >= 15 is 0 Å². The molecule has 2 unspecified atom stereocenters. The molecule has 0 spiro atoms. The van der Waals surface area contributed by atoms with Gasteiger partial charge in [-0.2, -0.15) is 0 Å². The topological polar surface area (TPSA) is 60.7 Å². The Balaban J connectivity index is 2.34. The maximum absolute atomic E-state index is 10.8. The number of hydrogen-bond acceptors (Lipinski definition) is 3. The first-order valence-electron chi connectivity index (χ1n) is 6.43. The molecule has 0 heterocycles. The molecule has 2 aliphatic rings. The summed E-state index contributed by atoms with van der Waals surface area (Å²) in [6.07, 6.45) is 8.29. The van der Waals surface area contributed by atoms with Gasteiger partial charge in [-0.15, -0.1) is 0 Å². The van der Waals surface area contributed by atoms with E-state index in [1.807, 2.05) is 0 Å². The van der Waals surface area contributed by atoms with Crippen molar-refractivity contribution in [1.29, 1.82) is 0 Å². The molecule has 0 aliphatic heterocycles. The average Bonchev–Trinajstić information content (AvgIpc) is 2.27. The zero-order valence-corrected chi connectivity index (χ0v) is 10.6. The van der Waals surface area contributed by atoms with Crippen molar-refractivity contribution in [2.45, 2.75) is 57.2 Å². The Morgan fingerprint density at radius 3 is 2.29 bits per heavy atom. The molecule has 2 rings (SSSR count). The lowest BCUT2D eigenvalue weighted by atomic mass is 9.66. The monoisotopic (exact) mass is 238 g/mol. The van der Waals surface area contributed by atoms with Crippen LogP contribution in [0.5, 0.6) is 0 Å². The Kier molecular flexibility index (Phi) is 3.08. The second-order valence-corrected chi connectivity index (χ2v) is 5.66. The molecule has 3 N–H and O–H groups in total. The standard InChI is InChI=1S/C14H22O3/c1-10-8-14(17,11-6-4-3-5-7-11)13(2,16)9-12(10)15/h8-9,11,15-17H,3-7H2,1-2H3. The summed E-state index contributed by atoms with van der Waals surface area (Å²) < 4.78 is 0. The molecule has 3 heteroatoms. The molecule has 0 aromatic heterocycles. The fourth-order valence-corrected chi connectivity index (χ4v) is 3.12. The van der Waals surface area contributed by atoms with Gasteiger partial charge in [0, 0.05) is 0 Å². The quantitative estimate of drug-likeness (QED) is 0.657. The highest BCUT2D eigenvalue weighted by Gasteiger charge is 2.50. The SMILES string of the molecule is CC1=CC(O)(C2CCCCC2)C(C)(O)C=C1O. The van der Waals surface area contributed by atoms with Gasteiger partial charge in [0.1, 0.15) is 17.0 Å². The fourth-order valence-electron chi connectivity index (χ4n) is 3.12. The van der Waals surface area contributed by atoms with E-state index in [-0.39, 0.29) is 11.7 Å². The van der Waals surface area contributed by atoms with Crippen LogP contribution in [0.1, 0.15) is 46.0 Å². The number of aliphatic hydroxyl groups is 3. The summed E-state index contributed by atoms with van der Waals surface area (Å²) in [5, 5.41) is 30.9. The number of rotatable bonds is 1. The Hall–Kier alpha value is -0.800. The maximum atomic E-state index is 10.8. The molecule has 0 radical (unpaired) electrons. The van der Waals surface area contributed by atoms with Gasteiger partial charge >= 0.3 is 0 Å². The minimum atomic E-state index is -1.39. The summed E-state index contributed by atoms with van der Waals surface area (Å²) in [5.74, 6) is 0.140. The number of hydrogen-bond donors (Lipinski definition) is 3. The highest BCUT2D eigenvalue weighted by Crippen LogP contribution is 2.44. The molecule has 2 atom stereocenters. The molecule has 0 bridgehead atoms. The Bertz CT molecular complexity index is 362. The van der Waals surface area contributed by atoms with Gasteiger partial charge in [-0.25, -0.2) is 0 Å². The van der Waals surface area contributed by atoms with E-state index < -0.39 is 11.2 Å². The third-order valence-corrected chi connectivity index (χ3v) is 4.30. The fraction of sp³-hybridized carbons (Fsp3) is 0.714. The lowest BCUT2D eigenvalue weighted by Crippen LogP contribution is -2.56.